The van der Waals surface area contributed by atoms with Gasteiger partial charge in [-0.05, 0) is 12.1 Å². The van der Waals surface area contributed by atoms with Gasteiger partial charge in [0.05, 0.1) is 12.2 Å². The molecule has 2 rings (SSSR count). The number of benzene rings is 1. The molecule has 1 heterocycles. The highest BCUT2D eigenvalue weighted by Gasteiger charge is 2.25. The van der Waals surface area contributed by atoms with Gasteiger partial charge in [0.1, 0.15) is 16.5 Å². The van der Waals surface area contributed by atoms with Crippen LogP contribution in [0.4, 0.5) is 10.1 Å². The average Bonchev–Trinajstić information content (AvgIpc) is 2.78. The summed E-state index contributed by atoms with van der Waals surface area (Å²) in [6.07, 6.45) is 3.29. The van der Waals surface area contributed by atoms with E-state index in [4.69, 9.17) is 5.73 Å². The van der Waals surface area contributed by atoms with Crippen LogP contribution in [0.3, 0.4) is 0 Å². The van der Waals surface area contributed by atoms with Crippen LogP contribution in [0.2, 0.25) is 0 Å². The van der Waals surface area contributed by atoms with Gasteiger partial charge in [-0.3, -0.25) is 0 Å². The molecule has 0 aliphatic rings. The van der Waals surface area contributed by atoms with Crippen molar-refractivity contribution >= 4 is 15.7 Å². The molecule has 0 aliphatic heterocycles. The van der Waals surface area contributed by atoms with Crippen molar-refractivity contribution in [3.05, 3.63) is 42.2 Å². The van der Waals surface area contributed by atoms with Crippen molar-refractivity contribution in [3.63, 3.8) is 0 Å². The third kappa shape index (κ3) is 2.52. The van der Waals surface area contributed by atoms with Gasteiger partial charge in [-0.15, -0.1) is 0 Å². The van der Waals surface area contributed by atoms with Crippen molar-refractivity contribution in [3.8, 4) is 0 Å². The maximum Gasteiger partial charge on any atom is 0.245 e. The van der Waals surface area contributed by atoms with Crippen molar-refractivity contribution in [1.82, 2.24) is 13.9 Å². The summed E-state index contributed by atoms with van der Waals surface area (Å²) in [6, 6.07) is 3.71. The number of nitrogens with zero attached hydrogens (tertiary/aromatic N) is 3. The van der Waals surface area contributed by atoms with Crippen molar-refractivity contribution in [1.29, 1.82) is 0 Å². The summed E-state index contributed by atoms with van der Waals surface area (Å²) < 4.78 is 41.0. The molecule has 20 heavy (non-hydrogen) atoms. The minimum absolute atomic E-state index is 0.0712. The Morgan fingerprint density at radius 3 is 2.75 bits per heavy atom. The lowest BCUT2D eigenvalue weighted by Crippen LogP contribution is -2.28. The first-order valence-corrected chi connectivity index (χ1v) is 7.24. The summed E-state index contributed by atoms with van der Waals surface area (Å²) in [5.41, 5.74) is 5.13. The van der Waals surface area contributed by atoms with Crippen LogP contribution in [-0.2, 0) is 23.6 Å². The maximum absolute atomic E-state index is 13.4. The maximum atomic E-state index is 13.4. The van der Waals surface area contributed by atoms with Crippen LogP contribution in [0.25, 0.3) is 0 Å². The largest absolute Gasteiger partial charge is 0.395 e. The molecule has 8 heteroatoms. The highest BCUT2D eigenvalue weighted by Crippen LogP contribution is 2.24. The fourth-order valence-corrected chi connectivity index (χ4v) is 2.99. The molecule has 0 spiro atoms. The van der Waals surface area contributed by atoms with Crippen LogP contribution in [0.5, 0.6) is 0 Å². The van der Waals surface area contributed by atoms with Crippen LogP contribution in [0, 0.1) is 5.82 Å². The second-order valence-corrected chi connectivity index (χ2v) is 6.38. The molecular formula is C12H15FN4O2S. The van der Waals surface area contributed by atoms with E-state index in [1.807, 2.05) is 0 Å². The molecule has 0 aliphatic carbocycles. The van der Waals surface area contributed by atoms with Crippen LogP contribution < -0.4 is 5.73 Å². The van der Waals surface area contributed by atoms with Gasteiger partial charge < -0.3 is 10.3 Å². The van der Waals surface area contributed by atoms with Gasteiger partial charge in [0.25, 0.3) is 0 Å². The van der Waals surface area contributed by atoms with Gasteiger partial charge in [-0.25, -0.2) is 17.8 Å². The Labute approximate surface area is 116 Å². The van der Waals surface area contributed by atoms with E-state index in [1.54, 1.807) is 24.0 Å². The summed E-state index contributed by atoms with van der Waals surface area (Å²) in [7, 11) is -0.710. The van der Waals surface area contributed by atoms with Crippen LogP contribution in [0.1, 0.15) is 5.82 Å². The van der Waals surface area contributed by atoms with Gasteiger partial charge in [-0.1, -0.05) is 6.07 Å². The number of hydrogen-bond acceptors (Lipinski definition) is 4. The number of halogens is 1. The number of nitrogens with two attached hydrogens (primary N) is 1. The van der Waals surface area contributed by atoms with Crippen molar-refractivity contribution in [2.24, 2.45) is 7.05 Å². The number of aryl methyl sites for hydroxylation is 1. The standard InChI is InChI=1S/C12H15FN4O2S/c1-16-7-6-15-11(16)8-17(2)20(18,19)10-5-3-4-9(13)12(10)14/h3-7H,8,14H2,1-2H3. The van der Waals surface area contributed by atoms with Crippen LogP contribution in [-0.4, -0.2) is 29.3 Å². The number of para-hydroxylation sites is 1. The molecule has 0 saturated carbocycles. The van der Waals surface area contributed by atoms with E-state index in [0.29, 0.717) is 5.82 Å². The average molecular weight is 298 g/mol. The Balaban J connectivity index is 2.35. The second kappa shape index (κ2) is 5.22. The normalized spacial score (nSPS) is 12.0. The zero-order valence-corrected chi connectivity index (χ0v) is 11.9. The summed E-state index contributed by atoms with van der Waals surface area (Å²) >= 11 is 0. The number of imidazole rings is 1. The molecule has 6 nitrogen and oxygen atoms in total. The summed E-state index contributed by atoms with van der Waals surface area (Å²) in [5.74, 6) is -0.178. The van der Waals surface area contributed by atoms with E-state index in [-0.39, 0.29) is 17.1 Å². The fraction of sp³-hybridized carbons (Fsp3) is 0.250. The number of hydrogen-bond donors (Lipinski definition) is 1. The Bertz CT molecular complexity index is 727. The van der Waals surface area contributed by atoms with E-state index in [1.165, 1.54) is 19.2 Å². The van der Waals surface area contributed by atoms with Gasteiger partial charge in [-0.2, -0.15) is 4.31 Å². The second-order valence-electron chi connectivity index (χ2n) is 4.37. The molecule has 0 amide bonds. The first kappa shape index (κ1) is 14.5. The predicted molar refractivity (Wildman–Crippen MR) is 72.7 cm³/mol. The molecule has 0 unspecified atom stereocenters. The highest BCUT2D eigenvalue weighted by atomic mass is 32.2. The van der Waals surface area contributed by atoms with E-state index >= 15 is 0 Å². The number of nitrogen functional groups attached to an aromatic ring is 1. The lowest BCUT2D eigenvalue weighted by atomic mass is 10.3. The molecule has 2 aromatic rings. The molecule has 108 valence electrons. The molecular weight excluding hydrogens is 283 g/mol. The smallest absolute Gasteiger partial charge is 0.245 e. The van der Waals surface area contributed by atoms with Gasteiger partial charge in [0.2, 0.25) is 10.0 Å². The number of aromatic nitrogens is 2. The minimum Gasteiger partial charge on any atom is -0.395 e. The zero-order chi connectivity index (χ0) is 14.9. The predicted octanol–water partition coefficient (Wildman–Crippen LogP) is 0.962. The van der Waals surface area contributed by atoms with Gasteiger partial charge >= 0.3 is 0 Å². The molecule has 0 fully saturated rings. The summed E-state index contributed by atoms with van der Waals surface area (Å²) in [4.78, 5) is 3.81. The molecule has 1 aromatic heterocycles. The van der Waals surface area contributed by atoms with Crippen molar-refractivity contribution < 1.29 is 12.8 Å². The Morgan fingerprint density at radius 1 is 1.45 bits per heavy atom. The fourth-order valence-electron chi connectivity index (χ4n) is 1.74. The minimum atomic E-state index is -3.87. The Kier molecular flexibility index (Phi) is 3.78. The Hall–Kier alpha value is -1.93. The molecule has 0 bridgehead atoms. The first-order chi connectivity index (χ1) is 9.34. The third-order valence-corrected chi connectivity index (χ3v) is 4.85. The van der Waals surface area contributed by atoms with E-state index in [9.17, 15) is 12.8 Å². The van der Waals surface area contributed by atoms with Gasteiger partial charge in [0, 0.05) is 26.5 Å². The van der Waals surface area contributed by atoms with Crippen LogP contribution in [0.15, 0.2) is 35.5 Å². The van der Waals surface area contributed by atoms with E-state index in [0.717, 1.165) is 10.4 Å². The number of rotatable bonds is 4. The van der Waals surface area contributed by atoms with E-state index < -0.39 is 15.8 Å². The monoisotopic (exact) mass is 298 g/mol. The lowest BCUT2D eigenvalue weighted by molar-refractivity contribution is 0.451. The Morgan fingerprint density at radius 2 is 2.15 bits per heavy atom. The summed E-state index contributed by atoms with van der Waals surface area (Å²) in [6.45, 7) is 0.0712. The number of anilines is 1. The quantitative estimate of drug-likeness (QED) is 0.853. The molecule has 2 N–H and O–H groups in total. The molecule has 0 atom stereocenters. The van der Waals surface area contributed by atoms with Gasteiger partial charge in [0.15, 0.2) is 0 Å². The lowest BCUT2D eigenvalue weighted by Gasteiger charge is -2.18. The van der Waals surface area contributed by atoms with E-state index in [2.05, 4.69) is 4.98 Å². The van der Waals surface area contributed by atoms with Crippen molar-refractivity contribution in [2.45, 2.75) is 11.4 Å². The highest BCUT2D eigenvalue weighted by molar-refractivity contribution is 7.89. The SMILES string of the molecule is CN(Cc1nccn1C)S(=O)(=O)c1cccc(F)c1N. The zero-order valence-electron chi connectivity index (χ0n) is 11.1. The topological polar surface area (TPSA) is 81.2 Å². The van der Waals surface area contributed by atoms with Crippen molar-refractivity contribution in [2.75, 3.05) is 12.8 Å². The summed E-state index contributed by atoms with van der Waals surface area (Å²) in [5, 5.41) is 0. The first-order valence-electron chi connectivity index (χ1n) is 5.80. The van der Waals surface area contributed by atoms with Crippen LogP contribution >= 0.6 is 0 Å². The number of sulfonamides is 1. The molecule has 0 saturated heterocycles. The third-order valence-electron chi connectivity index (χ3n) is 2.99. The molecule has 0 radical (unpaired) electrons. The molecule has 1 aromatic carbocycles.